The van der Waals surface area contributed by atoms with Gasteiger partial charge in [0.15, 0.2) is 0 Å². The van der Waals surface area contributed by atoms with Crippen LogP contribution in [0.25, 0.3) is 0 Å². The summed E-state index contributed by atoms with van der Waals surface area (Å²) in [4.78, 5) is 4.07. The molecule has 2 rings (SSSR count). The highest BCUT2D eigenvalue weighted by molar-refractivity contribution is 6.29. The van der Waals surface area contributed by atoms with Crippen molar-refractivity contribution in [1.29, 1.82) is 0 Å². The van der Waals surface area contributed by atoms with E-state index in [1.54, 1.807) is 12.3 Å². The van der Waals surface area contributed by atoms with Crippen LogP contribution >= 0.6 is 11.6 Å². The molecule has 18 heavy (non-hydrogen) atoms. The number of hydrogen-bond donors (Lipinski definition) is 1. The molecule has 0 saturated carbocycles. The summed E-state index contributed by atoms with van der Waals surface area (Å²) in [6.07, 6.45) is 2.80. The van der Waals surface area contributed by atoms with Crippen molar-refractivity contribution >= 4 is 23.6 Å². The third-order valence-corrected chi connectivity index (χ3v) is 2.71. The van der Waals surface area contributed by atoms with Crippen LogP contribution in [0, 0.1) is 0 Å². The second kappa shape index (κ2) is 6.17. The molecule has 0 unspecified atom stereocenters. The lowest BCUT2D eigenvalue weighted by molar-refractivity contribution is 1.14. The van der Waals surface area contributed by atoms with E-state index in [1.165, 1.54) is 5.56 Å². The lowest BCUT2D eigenvalue weighted by Crippen LogP contribution is -1.93. The number of benzene rings is 1. The summed E-state index contributed by atoms with van der Waals surface area (Å²) in [7, 11) is 0. The zero-order chi connectivity index (χ0) is 12.8. The Morgan fingerprint density at radius 3 is 2.67 bits per heavy atom. The number of hydrazone groups is 1. The Balaban J connectivity index is 1.98. The molecule has 0 atom stereocenters. The molecule has 0 amide bonds. The molecular formula is C14H14ClN3. The Hall–Kier alpha value is -1.87. The van der Waals surface area contributed by atoms with Crippen LogP contribution in [0.15, 0.2) is 47.6 Å². The summed E-state index contributed by atoms with van der Waals surface area (Å²) >= 11 is 5.77. The molecule has 3 nitrogen and oxygen atoms in total. The van der Waals surface area contributed by atoms with Crippen molar-refractivity contribution in [1.82, 2.24) is 4.98 Å². The van der Waals surface area contributed by atoms with Crippen LogP contribution in [0.4, 0.5) is 5.82 Å². The van der Waals surface area contributed by atoms with Crippen molar-refractivity contribution in [3.63, 3.8) is 0 Å². The van der Waals surface area contributed by atoms with Crippen LogP contribution in [0.2, 0.25) is 5.15 Å². The Kier molecular flexibility index (Phi) is 4.31. The lowest BCUT2D eigenvalue weighted by Gasteiger charge is -1.99. The number of hydrogen-bond acceptors (Lipinski definition) is 3. The van der Waals surface area contributed by atoms with Crippen LogP contribution in [-0.2, 0) is 6.42 Å². The van der Waals surface area contributed by atoms with Gasteiger partial charge in [-0.25, -0.2) is 4.98 Å². The predicted octanol–water partition coefficient (Wildman–Crippen LogP) is 3.74. The van der Waals surface area contributed by atoms with Crippen molar-refractivity contribution in [3.05, 3.63) is 58.7 Å². The molecule has 92 valence electrons. The average molecular weight is 260 g/mol. The molecule has 4 heteroatoms. The first-order valence-corrected chi connectivity index (χ1v) is 6.16. The van der Waals surface area contributed by atoms with Crippen LogP contribution < -0.4 is 5.43 Å². The zero-order valence-electron chi connectivity index (χ0n) is 10.1. The minimum Gasteiger partial charge on any atom is -0.261 e. The lowest BCUT2D eigenvalue weighted by atomic mass is 10.1. The average Bonchev–Trinajstić information content (AvgIpc) is 2.40. The molecule has 1 N–H and O–H groups in total. The summed E-state index contributed by atoms with van der Waals surface area (Å²) in [5.74, 6) is 0.629. The second-order valence-corrected chi connectivity index (χ2v) is 4.20. The fourth-order valence-electron chi connectivity index (χ4n) is 1.48. The summed E-state index contributed by atoms with van der Waals surface area (Å²) in [6, 6.07) is 13.6. The van der Waals surface area contributed by atoms with Gasteiger partial charge in [-0.3, -0.25) is 5.43 Å². The van der Waals surface area contributed by atoms with Gasteiger partial charge in [-0.05, 0) is 29.7 Å². The third-order valence-electron chi connectivity index (χ3n) is 2.50. The van der Waals surface area contributed by atoms with Gasteiger partial charge in [0.2, 0.25) is 0 Å². The summed E-state index contributed by atoms with van der Waals surface area (Å²) < 4.78 is 0. The van der Waals surface area contributed by atoms with E-state index in [4.69, 9.17) is 11.6 Å². The summed E-state index contributed by atoms with van der Waals surface area (Å²) in [5.41, 5.74) is 5.20. The van der Waals surface area contributed by atoms with Gasteiger partial charge in [0.05, 0.1) is 6.21 Å². The summed E-state index contributed by atoms with van der Waals surface area (Å²) in [5, 5.41) is 4.56. The molecule has 0 fully saturated rings. The fraction of sp³-hybridized carbons (Fsp3) is 0.143. The Morgan fingerprint density at radius 1 is 1.22 bits per heavy atom. The smallest absolute Gasteiger partial charge is 0.147 e. The van der Waals surface area contributed by atoms with E-state index in [9.17, 15) is 0 Å². The number of aryl methyl sites for hydroxylation is 1. The van der Waals surface area contributed by atoms with Gasteiger partial charge < -0.3 is 0 Å². The standard InChI is InChI=1S/C14H14ClN3/c1-2-11-6-8-12(9-7-11)10-16-18-14-5-3-4-13(15)17-14/h3-10H,2H2,1H3,(H,17,18). The molecule has 0 aliphatic rings. The SMILES string of the molecule is CCc1ccc(C=NNc2cccc(Cl)n2)cc1. The number of nitrogens with one attached hydrogen (secondary N) is 1. The van der Waals surface area contributed by atoms with Crippen molar-refractivity contribution in [3.8, 4) is 0 Å². The van der Waals surface area contributed by atoms with E-state index in [0.717, 1.165) is 12.0 Å². The van der Waals surface area contributed by atoms with Crippen molar-refractivity contribution in [2.24, 2.45) is 5.10 Å². The number of anilines is 1. The topological polar surface area (TPSA) is 37.3 Å². The Labute approximate surface area is 112 Å². The highest BCUT2D eigenvalue weighted by Gasteiger charge is 1.93. The Bertz CT molecular complexity index is 535. The highest BCUT2D eigenvalue weighted by atomic mass is 35.5. The molecule has 1 heterocycles. The highest BCUT2D eigenvalue weighted by Crippen LogP contribution is 2.09. The number of aromatic nitrogens is 1. The van der Waals surface area contributed by atoms with Crippen LogP contribution in [-0.4, -0.2) is 11.2 Å². The van der Waals surface area contributed by atoms with Crippen molar-refractivity contribution < 1.29 is 0 Å². The molecule has 0 aliphatic heterocycles. The van der Waals surface area contributed by atoms with E-state index >= 15 is 0 Å². The van der Waals surface area contributed by atoms with Gasteiger partial charge >= 0.3 is 0 Å². The molecule has 0 spiro atoms. The predicted molar refractivity (Wildman–Crippen MR) is 76.3 cm³/mol. The molecule has 0 radical (unpaired) electrons. The molecule has 1 aromatic heterocycles. The van der Waals surface area contributed by atoms with Crippen LogP contribution in [0.1, 0.15) is 18.1 Å². The Morgan fingerprint density at radius 2 is 2.00 bits per heavy atom. The van der Waals surface area contributed by atoms with Crippen LogP contribution in [0.5, 0.6) is 0 Å². The molecule has 2 aromatic rings. The zero-order valence-corrected chi connectivity index (χ0v) is 10.9. The normalized spacial score (nSPS) is 10.8. The largest absolute Gasteiger partial charge is 0.261 e. The number of rotatable bonds is 4. The molecule has 0 bridgehead atoms. The second-order valence-electron chi connectivity index (χ2n) is 3.81. The van der Waals surface area contributed by atoms with Gasteiger partial charge in [-0.15, -0.1) is 0 Å². The quantitative estimate of drug-likeness (QED) is 0.516. The molecule has 0 aliphatic carbocycles. The van der Waals surface area contributed by atoms with Crippen LogP contribution in [0.3, 0.4) is 0 Å². The number of halogens is 1. The molecule has 1 aromatic carbocycles. The van der Waals surface area contributed by atoms with E-state index in [-0.39, 0.29) is 0 Å². The maximum absolute atomic E-state index is 5.77. The van der Waals surface area contributed by atoms with Gasteiger partial charge in [-0.2, -0.15) is 5.10 Å². The van der Waals surface area contributed by atoms with E-state index < -0.39 is 0 Å². The van der Waals surface area contributed by atoms with Gasteiger partial charge in [-0.1, -0.05) is 48.9 Å². The van der Waals surface area contributed by atoms with E-state index in [2.05, 4.69) is 34.6 Å². The van der Waals surface area contributed by atoms with Gasteiger partial charge in [0, 0.05) is 0 Å². The van der Waals surface area contributed by atoms with Gasteiger partial charge in [0.25, 0.3) is 0 Å². The first-order valence-electron chi connectivity index (χ1n) is 5.78. The van der Waals surface area contributed by atoms with E-state index in [1.807, 2.05) is 24.3 Å². The fourth-order valence-corrected chi connectivity index (χ4v) is 1.65. The first-order chi connectivity index (χ1) is 8.78. The van der Waals surface area contributed by atoms with Gasteiger partial charge in [0.1, 0.15) is 11.0 Å². The van der Waals surface area contributed by atoms with E-state index in [0.29, 0.717) is 11.0 Å². The number of nitrogens with zero attached hydrogens (tertiary/aromatic N) is 2. The van der Waals surface area contributed by atoms with Crippen molar-refractivity contribution in [2.45, 2.75) is 13.3 Å². The maximum Gasteiger partial charge on any atom is 0.147 e. The minimum absolute atomic E-state index is 0.447. The monoisotopic (exact) mass is 259 g/mol. The van der Waals surface area contributed by atoms with Crippen molar-refractivity contribution in [2.75, 3.05) is 5.43 Å². The summed E-state index contributed by atoms with van der Waals surface area (Å²) in [6.45, 7) is 2.13. The molecular weight excluding hydrogens is 246 g/mol. The maximum atomic E-state index is 5.77. The number of pyridine rings is 1. The first kappa shape index (κ1) is 12.6. The minimum atomic E-state index is 0.447. The molecule has 0 saturated heterocycles. The third kappa shape index (κ3) is 3.57.